The Morgan fingerprint density at radius 1 is 1.50 bits per heavy atom. The molecule has 2 amide bonds. The van der Waals surface area contributed by atoms with Crippen LogP contribution in [0, 0.1) is 6.92 Å². The molecule has 0 aliphatic carbocycles. The van der Waals surface area contributed by atoms with Crippen LogP contribution in [0.1, 0.15) is 31.5 Å². The highest BCUT2D eigenvalue weighted by atomic mass is 16.5. The van der Waals surface area contributed by atoms with Gasteiger partial charge < -0.3 is 20.3 Å². The first-order chi connectivity index (χ1) is 8.47. The van der Waals surface area contributed by atoms with E-state index in [9.17, 15) is 9.59 Å². The molecule has 1 aromatic rings. The quantitative estimate of drug-likeness (QED) is 0.679. The van der Waals surface area contributed by atoms with Gasteiger partial charge in [-0.25, -0.2) is 4.79 Å². The topological polar surface area (TPSA) is 117 Å². The van der Waals surface area contributed by atoms with Gasteiger partial charge in [0.1, 0.15) is 0 Å². The van der Waals surface area contributed by atoms with Crippen molar-refractivity contribution in [1.82, 2.24) is 20.8 Å². The first-order valence-electron chi connectivity index (χ1n) is 5.52. The van der Waals surface area contributed by atoms with Crippen LogP contribution in [-0.4, -0.2) is 33.3 Å². The van der Waals surface area contributed by atoms with Crippen molar-refractivity contribution in [2.24, 2.45) is 0 Å². The van der Waals surface area contributed by atoms with Crippen molar-refractivity contribution in [1.29, 1.82) is 0 Å². The average molecular weight is 256 g/mol. The smallest absolute Gasteiger partial charge is 0.315 e. The van der Waals surface area contributed by atoms with Crippen molar-refractivity contribution >= 4 is 12.0 Å². The zero-order valence-electron chi connectivity index (χ0n) is 10.3. The lowest BCUT2D eigenvalue weighted by molar-refractivity contribution is -0.137. The van der Waals surface area contributed by atoms with E-state index in [1.54, 1.807) is 13.8 Å². The summed E-state index contributed by atoms with van der Waals surface area (Å²) in [7, 11) is 0. The molecule has 0 radical (unpaired) electrons. The van der Waals surface area contributed by atoms with E-state index in [2.05, 4.69) is 20.8 Å². The molecule has 1 aromatic heterocycles. The standard InChI is InChI=1S/C10H16N4O4/c1-6(3-4-9(15)16)12-10(17)11-5-8-13-7(2)14-18-8/h6H,3-5H2,1-2H3,(H,15,16)(H2,11,12,17). The summed E-state index contributed by atoms with van der Waals surface area (Å²) in [4.78, 5) is 25.7. The van der Waals surface area contributed by atoms with Gasteiger partial charge in [-0.3, -0.25) is 4.79 Å². The molecule has 3 N–H and O–H groups in total. The number of urea groups is 1. The molecule has 1 rings (SSSR count). The van der Waals surface area contributed by atoms with E-state index in [1.165, 1.54) is 0 Å². The molecular weight excluding hydrogens is 240 g/mol. The molecule has 0 spiro atoms. The van der Waals surface area contributed by atoms with Gasteiger partial charge in [-0.2, -0.15) is 4.98 Å². The molecule has 8 nitrogen and oxygen atoms in total. The van der Waals surface area contributed by atoms with Crippen molar-refractivity contribution in [3.8, 4) is 0 Å². The summed E-state index contributed by atoms with van der Waals surface area (Å²) in [5, 5.41) is 17.2. The molecule has 8 heteroatoms. The molecule has 1 unspecified atom stereocenters. The third kappa shape index (κ3) is 5.28. The maximum Gasteiger partial charge on any atom is 0.315 e. The summed E-state index contributed by atoms with van der Waals surface area (Å²) in [6, 6.07) is -0.616. The molecule has 100 valence electrons. The number of carboxylic acid groups (broad SMARTS) is 1. The summed E-state index contributed by atoms with van der Waals surface area (Å²) in [5.41, 5.74) is 0. The lowest BCUT2D eigenvalue weighted by Gasteiger charge is -2.12. The zero-order chi connectivity index (χ0) is 13.5. The second-order valence-corrected chi connectivity index (χ2v) is 3.90. The number of hydrogen-bond acceptors (Lipinski definition) is 5. The summed E-state index contributed by atoms with van der Waals surface area (Å²) < 4.78 is 4.82. The molecule has 0 saturated carbocycles. The normalized spacial score (nSPS) is 11.9. The van der Waals surface area contributed by atoms with E-state index in [1.807, 2.05) is 0 Å². The number of amides is 2. The van der Waals surface area contributed by atoms with Gasteiger partial charge in [0.25, 0.3) is 0 Å². The minimum atomic E-state index is -0.884. The highest BCUT2D eigenvalue weighted by molar-refractivity contribution is 5.74. The van der Waals surface area contributed by atoms with Crippen LogP contribution in [0.4, 0.5) is 4.79 Å². The van der Waals surface area contributed by atoms with E-state index in [4.69, 9.17) is 9.63 Å². The van der Waals surface area contributed by atoms with Gasteiger partial charge in [-0.15, -0.1) is 0 Å². The van der Waals surface area contributed by atoms with Gasteiger partial charge in [0.15, 0.2) is 5.82 Å². The number of carbonyl (C=O) groups excluding carboxylic acids is 1. The van der Waals surface area contributed by atoms with Gasteiger partial charge in [0.05, 0.1) is 6.54 Å². The highest BCUT2D eigenvalue weighted by Crippen LogP contribution is 1.97. The van der Waals surface area contributed by atoms with Gasteiger partial charge in [-0.1, -0.05) is 5.16 Å². The number of rotatable bonds is 6. The van der Waals surface area contributed by atoms with Gasteiger partial charge in [-0.05, 0) is 20.3 Å². The summed E-state index contributed by atoms with van der Waals surface area (Å²) in [5.74, 6) is -0.0618. The summed E-state index contributed by atoms with van der Waals surface area (Å²) in [6.07, 6.45) is 0.396. The minimum Gasteiger partial charge on any atom is -0.481 e. The van der Waals surface area contributed by atoms with E-state index in [0.717, 1.165) is 0 Å². The largest absolute Gasteiger partial charge is 0.481 e. The molecule has 18 heavy (non-hydrogen) atoms. The number of aromatic nitrogens is 2. The van der Waals surface area contributed by atoms with E-state index in [0.29, 0.717) is 18.1 Å². The van der Waals surface area contributed by atoms with Crippen molar-refractivity contribution < 1.29 is 19.2 Å². The number of hydrogen-bond donors (Lipinski definition) is 3. The van der Waals surface area contributed by atoms with Crippen LogP contribution < -0.4 is 10.6 Å². The predicted octanol–water partition coefficient (Wildman–Crippen LogP) is 0.431. The van der Waals surface area contributed by atoms with Crippen LogP contribution in [0.3, 0.4) is 0 Å². The number of aryl methyl sites for hydroxylation is 1. The number of carbonyl (C=O) groups is 2. The lowest BCUT2D eigenvalue weighted by Crippen LogP contribution is -2.40. The Bertz CT molecular complexity index is 418. The molecular formula is C10H16N4O4. The molecule has 0 saturated heterocycles. The first kappa shape index (κ1) is 13.9. The van der Waals surface area contributed by atoms with Gasteiger partial charge >= 0.3 is 12.0 Å². The fourth-order valence-electron chi connectivity index (χ4n) is 1.25. The molecule has 1 heterocycles. The second kappa shape index (κ2) is 6.58. The summed E-state index contributed by atoms with van der Waals surface area (Å²) in [6.45, 7) is 3.55. The summed E-state index contributed by atoms with van der Waals surface area (Å²) >= 11 is 0. The Balaban J connectivity index is 2.22. The number of nitrogens with one attached hydrogen (secondary N) is 2. The van der Waals surface area contributed by atoms with E-state index >= 15 is 0 Å². The number of nitrogens with zero attached hydrogens (tertiary/aromatic N) is 2. The molecule has 0 aliphatic rings. The molecule has 0 bridgehead atoms. The van der Waals surface area contributed by atoms with Crippen molar-refractivity contribution in [2.75, 3.05) is 0 Å². The molecule has 0 aromatic carbocycles. The first-order valence-corrected chi connectivity index (χ1v) is 5.52. The van der Waals surface area contributed by atoms with Gasteiger partial charge in [0, 0.05) is 12.5 Å². The maximum absolute atomic E-state index is 11.4. The third-order valence-electron chi connectivity index (χ3n) is 2.14. The zero-order valence-corrected chi connectivity index (χ0v) is 10.3. The second-order valence-electron chi connectivity index (χ2n) is 3.90. The fraction of sp³-hybridized carbons (Fsp3) is 0.600. The Kier molecular flexibility index (Phi) is 5.09. The van der Waals surface area contributed by atoms with Crippen molar-refractivity contribution in [2.45, 2.75) is 39.3 Å². The van der Waals surface area contributed by atoms with Crippen LogP contribution in [0.25, 0.3) is 0 Å². The molecule has 1 atom stereocenters. The Morgan fingerprint density at radius 3 is 2.78 bits per heavy atom. The Morgan fingerprint density at radius 2 is 2.22 bits per heavy atom. The lowest BCUT2D eigenvalue weighted by atomic mass is 10.2. The van der Waals surface area contributed by atoms with Crippen LogP contribution in [0.15, 0.2) is 4.52 Å². The SMILES string of the molecule is Cc1noc(CNC(=O)NC(C)CCC(=O)O)n1. The predicted molar refractivity (Wildman–Crippen MR) is 60.7 cm³/mol. The maximum atomic E-state index is 11.4. The van der Waals surface area contributed by atoms with E-state index < -0.39 is 12.0 Å². The van der Waals surface area contributed by atoms with Crippen LogP contribution in [0.5, 0.6) is 0 Å². The Hall–Kier alpha value is -2.12. The third-order valence-corrected chi connectivity index (χ3v) is 2.14. The number of aliphatic carboxylic acids is 1. The molecule has 0 aliphatic heterocycles. The van der Waals surface area contributed by atoms with Crippen LogP contribution >= 0.6 is 0 Å². The average Bonchev–Trinajstić information content (AvgIpc) is 2.70. The number of carboxylic acids is 1. The van der Waals surface area contributed by atoms with Gasteiger partial charge in [0.2, 0.25) is 5.89 Å². The monoisotopic (exact) mass is 256 g/mol. The Labute approximate surface area is 104 Å². The fourth-order valence-corrected chi connectivity index (χ4v) is 1.25. The highest BCUT2D eigenvalue weighted by Gasteiger charge is 2.10. The van der Waals surface area contributed by atoms with Crippen LogP contribution in [0.2, 0.25) is 0 Å². The minimum absolute atomic E-state index is 0.0182. The van der Waals surface area contributed by atoms with Crippen molar-refractivity contribution in [3.05, 3.63) is 11.7 Å². The van der Waals surface area contributed by atoms with Crippen LogP contribution in [-0.2, 0) is 11.3 Å². The van der Waals surface area contributed by atoms with E-state index in [-0.39, 0.29) is 19.0 Å². The molecule has 0 fully saturated rings. The van der Waals surface area contributed by atoms with Crippen molar-refractivity contribution in [3.63, 3.8) is 0 Å².